The number of nitrogens with zero attached hydrogens (tertiary/aromatic N) is 2. The molecule has 0 atom stereocenters. The zero-order valence-electron chi connectivity index (χ0n) is 30.8. The van der Waals surface area contributed by atoms with Gasteiger partial charge >= 0.3 is 0 Å². The number of pyridine rings is 2. The third-order valence-electron chi connectivity index (χ3n) is 11.5. The first-order valence-corrected chi connectivity index (χ1v) is 19.0. The molecule has 0 radical (unpaired) electrons. The van der Waals surface area contributed by atoms with E-state index in [2.05, 4.69) is 121 Å². The van der Waals surface area contributed by atoms with Gasteiger partial charge in [0.15, 0.2) is 0 Å². The second-order valence-corrected chi connectivity index (χ2v) is 14.9. The van der Waals surface area contributed by atoms with Gasteiger partial charge in [-0.1, -0.05) is 146 Å². The van der Waals surface area contributed by atoms with Crippen molar-refractivity contribution in [3.05, 3.63) is 192 Å². The first-order valence-electron chi connectivity index (χ1n) is 19.0. The van der Waals surface area contributed by atoms with Crippen molar-refractivity contribution in [3.8, 4) is 33.8 Å². The predicted octanol–water partition coefficient (Wildman–Crippen LogP) is 12.5. The van der Waals surface area contributed by atoms with E-state index >= 15 is 0 Å². The van der Waals surface area contributed by atoms with Crippen LogP contribution >= 0.6 is 0 Å². The predicted molar refractivity (Wildman–Crippen MR) is 220 cm³/mol. The summed E-state index contributed by atoms with van der Waals surface area (Å²) in [6.07, 6.45) is 4.49. The van der Waals surface area contributed by atoms with E-state index in [9.17, 15) is 10.2 Å². The summed E-state index contributed by atoms with van der Waals surface area (Å²) in [5, 5.41) is 22.1. The number of phenolic OH excluding ortho intramolecular Hbond substituents is 2. The van der Waals surface area contributed by atoms with Gasteiger partial charge in [-0.05, 0) is 95.2 Å². The molecule has 2 aliphatic carbocycles. The molecular formula is C50H42N2O2Zn. The molecule has 4 nitrogen and oxygen atoms in total. The van der Waals surface area contributed by atoms with Crippen LogP contribution in [-0.2, 0) is 19.5 Å². The molecule has 55 heavy (non-hydrogen) atoms. The summed E-state index contributed by atoms with van der Waals surface area (Å²) < 4.78 is 0. The Morgan fingerprint density at radius 3 is 1.09 bits per heavy atom. The molecule has 266 valence electrons. The maximum atomic E-state index is 10.1. The summed E-state index contributed by atoms with van der Waals surface area (Å²) in [5.41, 5.74) is 11.5. The van der Waals surface area contributed by atoms with E-state index < -0.39 is 0 Å². The fourth-order valence-corrected chi connectivity index (χ4v) is 8.17. The first-order chi connectivity index (χ1) is 26.6. The number of fused-ring (bicyclic) bond motifs is 2. The van der Waals surface area contributed by atoms with Gasteiger partial charge in [-0.3, -0.25) is 0 Å². The molecule has 5 heteroatoms. The van der Waals surface area contributed by atoms with Crippen LogP contribution in [0.25, 0.3) is 44.1 Å². The van der Waals surface area contributed by atoms with Crippen molar-refractivity contribution >= 4 is 21.8 Å². The molecule has 10 rings (SSSR count). The van der Waals surface area contributed by atoms with Gasteiger partial charge in [-0.25, -0.2) is 9.97 Å². The monoisotopic (exact) mass is 766 g/mol. The van der Waals surface area contributed by atoms with Gasteiger partial charge in [0.05, 0.1) is 0 Å². The van der Waals surface area contributed by atoms with Crippen LogP contribution < -0.4 is 0 Å². The summed E-state index contributed by atoms with van der Waals surface area (Å²) in [7, 11) is 0. The molecule has 0 bridgehead atoms. The Morgan fingerprint density at radius 1 is 0.345 bits per heavy atom. The van der Waals surface area contributed by atoms with Crippen LogP contribution in [0.3, 0.4) is 0 Å². The number of aromatic nitrogens is 2. The number of hydrogen-bond donors (Lipinski definition) is 2. The normalized spacial score (nSPS) is 18.6. The summed E-state index contributed by atoms with van der Waals surface area (Å²) in [6.45, 7) is 0. The van der Waals surface area contributed by atoms with Gasteiger partial charge in [0.25, 0.3) is 0 Å². The van der Waals surface area contributed by atoms with Crippen molar-refractivity contribution in [1.29, 1.82) is 0 Å². The third kappa shape index (κ3) is 7.68. The molecule has 2 aliphatic rings. The molecule has 0 saturated heterocycles. The number of para-hydroxylation sites is 2. The quantitative estimate of drug-likeness (QED) is 0.165. The van der Waals surface area contributed by atoms with Crippen molar-refractivity contribution in [3.63, 3.8) is 0 Å². The van der Waals surface area contributed by atoms with Gasteiger partial charge in [0.2, 0.25) is 0 Å². The summed E-state index contributed by atoms with van der Waals surface area (Å²) in [6, 6.07) is 58.4. The molecule has 0 unspecified atom stereocenters. The molecule has 6 aromatic carbocycles. The average Bonchev–Trinajstić information content (AvgIpc) is 3.19. The number of phenols is 2. The second-order valence-electron chi connectivity index (χ2n) is 14.9. The Kier molecular flexibility index (Phi) is 10.6. The van der Waals surface area contributed by atoms with Gasteiger partial charge in [0.1, 0.15) is 22.5 Å². The minimum atomic E-state index is 0. The molecule has 0 spiro atoms. The Balaban J connectivity index is 0.000000153. The third-order valence-corrected chi connectivity index (χ3v) is 11.5. The molecule has 0 amide bonds. The Labute approximate surface area is 335 Å². The minimum absolute atomic E-state index is 0. The van der Waals surface area contributed by atoms with Gasteiger partial charge < -0.3 is 10.2 Å². The van der Waals surface area contributed by atoms with Crippen LogP contribution in [0.4, 0.5) is 0 Å². The van der Waals surface area contributed by atoms with Crippen LogP contribution in [0.15, 0.2) is 170 Å². The summed E-state index contributed by atoms with van der Waals surface area (Å²) >= 11 is 0. The van der Waals surface area contributed by atoms with Crippen LogP contribution in [0.1, 0.15) is 71.9 Å². The van der Waals surface area contributed by atoms with E-state index in [0.29, 0.717) is 34.7 Å². The smallest absolute Gasteiger partial charge is 0.141 e. The van der Waals surface area contributed by atoms with Gasteiger partial charge in [0, 0.05) is 53.5 Å². The average molecular weight is 768 g/mol. The van der Waals surface area contributed by atoms with Crippen LogP contribution in [0.5, 0.6) is 11.5 Å². The van der Waals surface area contributed by atoms with Crippen LogP contribution in [0.2, 0.25) is 0 Å². The fraction of sp³-hybridized carbons (Fsp3) is 0.160. The number of rotatable bonds is 6. The van der Waals surface area contributed by atoms with Crippen LogP contribution in [0, 0.1) is 0 Å². The maximum absolute atomic E-state index is 10.1. The van der Waals surface area contributed by atoms with Crippen molar-refractivity contribution in [2.45, 2.75) is 49.4 Å². The molecule has 2 fully saturated rings. The van der Waals surface area contributed by atoms with Crippen molar-refractivity contribution in [2.75, 3.05) is 0 Å². The molecule has 2 N–H and O–H groups in total. The van der Waals surface area contributed by atoms with Crippen LogP contribution in [-0.4, -0.2) is 20.2 Å². The number of aromatic hydroxyl groups is 2. The number of hydrogen-bond acceptors (Lipinski definition) is 4. The first kappa shape index (κ1) is 36.3. The van der Waals surface area contributed by atoms with E-state index in [1.807, 2.05) is 36.4 Å². The Morgan fingerprint density at radius 2 is 0.709 bits per heavy atom. The van der Waals surface area contributed by atoms with E-state index in [1.165, 1.54) is 33.4 Å². The zero-order valence-corrected chi connectivity index (χ0v) is 33.8. The van der Waals surface area contributed by atoms with Gasteiger partial charge in [-0.2, -0.15) is 0 Å². The fourth-order valence-electron chi connectivity index (χ4n) is 8.17. The SMILES string of the molecule is Oc1cccc2ccc(C3CC(c4ccc(-c5ccccc5)cc4)C3)nc12.Oc1cccc2ccc(C3CC(c4ccc(-c5ccccc5)cc4)C3)nc12.[Zn]. The molecule has 2 heterocycles. The van der Waals surface area contributed by atoms with Crippen molar-refractivity contribution in [2.24, 2.45) is 0 Å². The topological polar surface area (TPSA) is 66.2 Å². The van der Waals surface area contributed by atoms with E-state index in [0.717, 1.165) is 47.8 Å². The molecule has 2 aromatic heterocycles. The second kappa shape index (κ2) is 16.0. The maximum Gasteiger partial charge on any atom is 0.141 e. The zero-order chi connectivity index (χ0) is 36.4. The Hall–Kier alpha value is -5.64. The summed E-state index contributed by atoms with van der Waals surface area (Å²) in [4.78, 5) is 9.46. The minimum Gasteiger partial charge on any atom is -0.506 e. The summed E-state index contributed by atoms with van der Waals surface area (Å²) in [5.74, 6) is 2.69. The molecule has 2 saturated carbocycles. The van der Waals surface area contributed by atoms with Crippen molar-refractivity contribution in [1.82, 2.24) is 9.97 Å². The molecule has 0 aliphatic heterocycles. The van der Waals surface area contributed by atoms with E-state index in [4.69, 9.17) is 9.97 Å². The van der Waals surface area contributed by atoms with E-state index in [-0.39, 0.29) is 31.0 Å². The molecular weight excluding hydrogens is 726 g/mol. The Bertz CT molecular complexity index is 2350. The van der Waals surface area contributed by atoms with Crippen molar-refractivity contribution < 1.29 is 29.7 Å². The molecule has 8 aromatic rings. The van der Waals surface area contributed by atoms with E-state index in [1.54, 1.807) is 12.1 Å². The standard InChI is InChI=1S/2C25H21NO.Zn/c2*27-24-8-4-7-20-13-14-23(26-25(20)24)22-15-21(16-22)19-11-9-18(10-12-19)17-5-2-1-3-6-17;/h2*1-14,21-22,27H,15-16H2;. The number of benzene rings is 6. The largest absolute Gasteiger partial charge is 0.506 e. The van der Waals surface area contributed by atoms with Gasteiger partial charge in [-0.15, -0.1) is 0 Å².